The van der Waals surface area contributed by atoms with Crippen LogP contribution in [0.25, 0.3) is 0 Å². The number of ether oxygens (including phenoxy) is 1. The van der Waals surface area contributed by atoms with Crippen molar-refractivity contribution in [3.05, 3.63) is 34.9 Å². The van der Waals surface area contributed by atoms with Crippen molar-refractivity contribution in [1.29, 1.82) is 0 Å². The van der Waals surface area contributed by atoms with E-state index in [0.717, 1.165) is 39.4 Å². The summed E-state index contributed by atoms with van der Waals surface area (Å²) in [7, 11) is 0. The first kappa shape index (κ1) is 14.5. The van der Waals surface area contributed by atoms with Gasteiger partial charge in [-0.1, -0.05) is 30.7 Å². The van der Waals surface area contributed by atoms with Gasteiger partial charge in [0.15, 0.2) is 0 Å². The van der Waals surface area contributed by atoms with Gasteiger partial charge in [0.1, 0.15) is 0 Å². The number of aryl methyl sites for hydroxylation is 2. The molecule has 1 atom stereocenters. The number of nitrogens with zero attached hydrogens (tertiary/aromatic N) is 1. The first-order valence-electron chi connectivity index (χ1n) is 7.29. The number of benzene rings is 1. The first-order chi connectivity index (χ1) is 9.20. The van der Waals surface area contributed by atoms with E-state index in [0.29, 0.717) is 6.04 Å². The van der Waals surface area contributed by atoms with Gasteiger partial charge in [-0.05, 0) is 31.5 Å². The Hall–Kier alpha value is -0.900. The molecule has 0 bridgehead atoms. The predicted molar refractivity (Wildman–Crippen MR) is 79.5 cm³/mol. The summed E-state index contributed by atoms with van der Waals surface area (Å²) >= 11 is 0. The first-order valence-corrected chi connectivity index (χ1v) is 7.29. The zero-order valence-electron chi connectivity index (χ0n) is 12.4. The SMILES string of the molecule is CCNCC1COCCN1Cc1cc(C)ccc1C. The van der Waals surface area contributed by atoms with Gasteiger partial charge in [0.25, 0.3) is 0 Å². The number of rotatable bonds is 5. The molecular weight excluding hydrogens is 236 g/mol. The van der Waals surface area contributed by atoms with Gasteiger partial charge in [-0.15, -0.1) is 0 Å². The van der Waals surface area contributed by atoms with Crippen molar-refractivity contribution in [3.63, 3.8) is 0 Å². The molecule has 0 aromatic heterocycles. The second kappa shape index (κ2) is 7.04. The molecule has 1 N–H and O–H groups in total. The van der Waals surface area contributed by atoms with Gasteiger partial charge in [-0.2, -0.15) is 0 Å². The van der Waals surface area contributed by atoms with E-state index in [1.807, 2.05) is 0 Å². The maximum Gasteiger partial charge on any atom is 0.0635 e. The molecule has 3 heteroatoms. The third-order valence-corrected chi connectivity index (χ3v) is 3.86. The Morgan fingerprint density at radius 1 is 1.37 bits per heavy atom. The predicted octanol–water partition coefficient (Wildman–Crippen LogP) is 2.11. The van der Waals surface area contributed by atoms with E-state index in [1.165, 1.54) is 16.7 Å². The molecule has 1 unspecified atom stereocenters. The van der Waals surface area contributed by atoms with Gasteiger partial charge in [0, 0.05) is 25.7 Å². The Morgan fingerprint density at radius 3 is 3.00 bits per heavy atom. The third kappa shape index (κ3) is 4.03. The molecule has 1 aliphatic heterocycles. The summed E-state index contributed by atoms with van der Waals surface area (Å²) in [5, 5.41) is 3.44. The molecule has 106 valence electrons. The largest absolute Gasteiger partial charge is 0.378 e. The van der Waals surface area contributed by atoms with Gasteiger partial charge in [-0.25, -0.2) is 0 Å². The van der Waals surface area contributed by atoms with Gasteiger partial charge >= 0.3 is 0 Å². The van der Waals surface area contributed by atoms with Gasteiger partial charge in [0.05, 0.1) is 13.2 Å². The Morgan fingerprint density at radius 2 is 2.21 bits per heavy atom. The van der Waals surface area contributed by atoms with Crippen molar-refractivity contribution < 1.29 is 4.74 Å². The minimum absolute atomic E-state index is 0.494. The summed E-state index contributed by atoms with van der Waals surface area (Å²) in [4.78, 5) is 2.55. The fourth-order valence-corrected chi connectivity index (χ4v) is 2.59. The fourth-order valence-electron chi connectivity index (χ4n) is 2.59. The highest BCUT2D eigenvalue weighted by Crippen LogP contribution is 2.16. The average molecular weight is 262 g/mol. The van der Waals surface area contributed by atoms with Crippen molar-refractivity contribution in [3.8, 4) is 0 Å². The second-order valence-corrected chi connectivity index (χ2v) is 5.44. The van der Waals surface area contributed by atoms with Crippen LogP contribution in [0.4, 0.5) is 0 Å². The highest BCUT2D eigenvalue weighted by Gasteiger charge is 2.22. The molecular formula is C16H26N2O. The van der Waals surface area contributed by atoms with Crippen molar-refractivity contribution in [1.82, 2.24) is 10.2 Å². The van der Waals surface area contributed by atoms with E-state index in [1.54, 1.807) is 0 Å². The average Bonchev–Trinajstić information content (AvgIpc) is 2.42. The van der Waals surface area contributed by atoms with Gasteiger partial charge < -0.3 is 10.1 Å². The van der Waals surface area contributed by atoms with Crippen LogP contribution in [0.15, 0.2) is 18.2 Å². The van der Waals surface area contributed by atoms with Crippen LogP contribution in [0.1, 0.15) is 23.6 Å². The van der Waals surface area contributed by atoms with Crippen LogP contribution in [0.3, 0.4) is 0 Å². The normalized spacial score (nSPS) is 20.7. The molecule has 0 amide bonds. The second-order valence-electron chi connectivity index (χ2n) is 5.44. The van der Waals surface area contributed by atoms with Crippen molar-refractivity contribution in [2.75, 3.05) is 32.8 Å². The minimum atomic E-state index is 0.494. The lowest BCUT2D eigenvalue weighted by molar-refractivity contribution is -0.0108. The maximum atomic E-state index is 5.62. The molecule has 1 aromatic rings. The molecule has 1 fully saturated rings. The highest BCUT2D eigenvalue weighted by molar-refractivity contribution is 5.30. The smallest absolute Gasteiger partial charge is 0.0635 e. The summed E-state index contributed by atoms with van der Waals surface area (Å²) in [6.07, 6.45) is 0. The van der Waals surface area contributed by atoms with Crippen LogP contribution in [-0.2, 0) is 11.3 Å². The molecule has 2 rings (SSSR count). The number of hydrogen-bond acceptors (Lipinski definition) is 3. The number of nitrogens with one attached hydrogen (secondary N) is 1. The van der Waals surface area contributed by atoms with Crippen molar-refractivity contribution in [2.24, 2.45) is 0 Å². The van der Waals surface area contributed by atoms with Crippen LogP contribution in [0, 0.1) is 13.8 Å². The number of likely N-dealkylation sites (N-methyl/N-ethyl adjacent to an activating group) is 1. The van der Waals surface area contributed by atoms with E-state index in [2.05, 4.69) is 49.2 Å². The molecule has 1 aromatic carbocycles. The van der Waals surface area contributed by atoms with Crippen LogP contribution in [0.2, 0.25) is 0 Å². The van der Waals surface area contributed by atoms with Crippen LogP contribution >= 0.6 is 0 Å². The van der Waals surface area contributed by atoms with E-state index in [-0.39, 0.29) is 0 Å². The minimum Gasteiger partial charge on any atom is -0.378 e. The third-order valence-electron chi connectivity index (χ3n) is 3.86. The zero-order valence-corrected chi connectivity index (χ0v) is 12.4. The Labute approximate surface area is 116 Å². The van der Waals surface area contributed by atoms with E-state index in [9.17, 15) is 0 Å². The Kier molecular flexibility index (Phi) is 5.37. The summed E-state index contributed by atoms with van der Waals surface area (Å²) < 4.78 is 5.62. The quantitative estimate of drug-likeness (QED) is 0.879. The zero-order chi connectivity index (χ0) is 13.7. The molecule has 1 heterocycles. The van der Waals surface area contributed by atoms with Crippen molar-refractivity contribution in [2.45, 2.75) is 33.4 Å². The molecule has 0 spiro atoms. The fraction of sp³-hybridized carbons (Fsp3) is 0.625. The summed E-state index contributed by atoms with van der Waals surface area (Å²) in [5.74, 6) is 0. The van der Waals surface area contributed by atoms with E-state index in [4.69, 9.17) is 4.74 Å². The van der Waals surface area contributed by atoms with Gasteiger partial charge in [0.2, 0.25) is 0 Å². The summed E-state index contributed by atoms with van der Waals surface area (Å²) in [6.45, 7) is 12.3. The van der Waals surface area contributed by atoms with Gasteiger partial charge in [-0.3, -0.25) is 4.90 Å². The van der Waals surface area contributed by atoms with E-state index >= 15 is 0 Å². The van der Waals surface area contributed by atoms with Crippen LogP contribution < -0.4 is 5.32 Å². The molecule has 0 aliphatic carbocycles. The Bertz CT molecular complexity index is 406. The van der Waals surface area contributed by atoms with Crippen LogP contribution in [-0.4, -0.2) is 43.8 Å². The lowest BCUT2D eigenvalue weighted by atomic mass is 10.0. The standard InChI is InChI=1S/C16H26N2O/c1-4-17-10-16-12-19-8-7-18(16)11-15-9-13(2)5-6-14(15)3/h5-6,9,16-17H,4,7-8,10-12H2,1-3H3. The molecule has 3 nitrogen and oxygen atoms in total. The number of morpholine rings is 1. The summed E-state index contributed by atoms with van der Waals surface area (Å²) in [5.41, 5.74) is 4.18. The topological polar surface area (TPSA) is 24.5 Å². The Balaban J connectivity index is 2.04. The van der Waals surface area contributed by atoms with E-state index < -0.39 is 0 Å². The summed E-state index contributed by atoms with van der Waals surface area (Å²) in [6, 6.07) is 7.22. The van der Waals surface area contributed by atoms with Crippen molar-refractivity contribution >= 4 is 0 Å². The molecule has 1 aliphatic rings. The molecule has 0 radical (unpaired) electrons. The monoisotopic (exact) mass is 262 g/mol. The highest BCUT2D eigenvalue weighted by atomic mass is 16.5. The molecule has 1 saturated heterocycles. The number of hydrogen-bond donors (Lipinski definition) is 1. The molecule has 19 heavy (non-hydrogen) atoms. The van der Waals surface area contributed by atoms with Crippen LogP contribution in [0.5, 0.6) is 0 Å². The lowest BCUT2D eigenvalue weighted by Crippen LogP contribution is -2.49. The lowest BCUT2D eigenvalue weighted by Gasteiger charge is -2.36. The molecule has 0 saturated carbocycles. The maximum absolute atomic E-state index is 5.62.